The molecule has 0 spiro atoms. The van der Waals surface area contributed by atoms with Crippen LogP contribution in [-0.2, 0) is 5.75 Å². The number of hydrogen-bond donors (Lipinski definition) is 1. The van der Waals surface area contributed by atoms with Crippen molar-refractivity contribution in [2.24, 2.45) is 5.92 Å². The summed E-state index contributed by atoms with van der Waals surface area (Å²) in [5, 5.41) is 5.26. The molecule has 3 aromatic rings. The average Bonchev–Trinajstić information content (AvgIpc) is 3.43. The highest BCUT2D eigenvalue weighted by atomic mass is 79.9. The van der Waals surface area contributed by atoms with Crippen molar-refractivity contribution in [2.75, 3.05) is 24.5 Å². The molecule has 29 heavy (non-hydrogen) atoms. The van der Waals surface area contributed by atoms with Gasteiger partial charge in [0.15, 0.2) is 0 Å². The molecule has 6 heteroatoms. The molecule has 1 aliphatic rings. The van der Waals surface area contributed by atoms with E-state index in [0.717, 1.165) is 40.2 Å². The Bertz CT molecular complexity index is 961. The number of nitrogens with one attached hydrogen (secondary N) is 1. The topological polar surface area (TPSA) is 32.3 Å². The fourth-order valence-corrected chi connectivity index (χ4v) is 5.77. The van der Waals surface area contributed by atoms with Gasteiger partial charge >= 0.3 is 0 Å². The summed E-state index contributed by atoms with van der Waals surface area (Å²) in [5.41, 5.74) is 2.01. The minimum Gasteiger partial charge on any atom is -0.371 e. The zero-order valence-electron chi connectivity index (χ0n) is 16.0. The Hall–Kier alpha value is -1.76. The van der Waals surface area contributed by atoms with Crippen molar-refractivity contribution in [3.8, 4) is 0 Å². The van der Waals surface area contributed by atoms with Crippen LogP contribution >= 0.6 is 39.0 Å². The molecule has 1 atom stereocenters. The fraction of sp³-hybridized carbons (Fsp3) is 0.261. The molecule has 0 radical (unpaired) electrons. The number of benzene rings is 2. The number of thiophene rings is 1. The van der Waals surface area contributed by atoms with Gasteiger partial charge in [-0.2, -0.15) is 0 Å². The van der Waals surface area contributed by atoms with Gasteiger partial charge < -0.3 is 10.2 Å². The number of hydrogen-bond acceptors (Lipinski definition) is 4. The first-order valence-corrected chi connectivity index (χ1v) is 12.4. The van der Waals surface area contributed by atoms with Crippen LogP contribution in [0.15, 0.2) is 75.4 Å². The third-order valence-electron chi connectivity index (χ3n) is 5.09. The maximum Gasteiger partial charge on any atom is 0.252 e. The summed E-state index contributed by atoms with van der Waals surface area (Å²) in [4.78, 5) is 17.6. The van der Waals surface area contributed by atoms with E-state index in [2.05, 4.69) is 61.9 Å². The van der Waals surface area contributed by atoms with Gasteiger partial charge in [-0.15, -0.1) is 23.1 Å². The maximum atomic E-state index is 12.8. The van der Waals surface area contributed by atoms with E-state index >= 15 is 0 Å². The van der Waals surface area contributed by atoms with Gasteiger partial charge in [-0.25, -0.2) is 0 Å². The lowest BCUT2D eigenvalue weighted by Gasteiger charge is -2.19. The van der Waals surface area contributed by atoms with Crippen LogP contribution in [0.4, 0.5) is 5.69 Å². The summed E-state index contributed by atoms with van der Waals surface area (Å²) in [6.45, 7) is 2.73. The quantitative estimate of drug-likeness (QED) is 0.412. The van der Waals surface area contributed by atoms with Gasteiger partial charge in [0.2, 0.25) is 0 Å². The molecule has 2 aromatic carbocycles. The number of amides is 1. The summed E-state index contributed by atoms with van der Waals surface area (Å²) in [5.74, 6) is 1.40. The molecule has 0 bridgehead atoms. The Morgan fingerprint density at radius 1 is 1.17 bits per heavy atom. The lowest BCUT2D eigenvalue weighted by molar-refractivity contribution is 0.0945. The van der Waals surface area contributed by atoms with Crippen molar-refractivity contribution in [1.82, 2.24) is 5.32 Å². The van der Waals surface area contributed by atoms with E-state index in [1.54, 1.807) is 23.1 Å². The maximum absolute atomic E-state index is 12.8. The van der Waals surface area contributed by atoms with Crippen LogP contribution in [0.25, 0.3) is 0 Å². The highest BCUT2D eigenvalue weighted by Crippen LogP contribution is 2.29. The molecule has 1 aromatic heterocycles. The molecule has 1 fully saturated rings. The Morgan fingerprint density at radius 2 is 2.07 bits per heavy atom. The van der Waals surface area contributed by atoms with Crippen LogP contribution < -0.4 is 10.2 Å². The minimum atomic E-state index is 0.0279. The summed E-state index contributed by atoms with van der Waals surface area (Å²) in [6.07, 6.45) is 1.10. The van der Waals surface area contributed by atoms with E-state index in [1.807, 2.05) is 30.3 Å². The molecule has 1 aliphatic heterocycles. The van der Waals surface area contributed by atoms with Gasteiger partial charge in [0, 0.05) is 45.3 Å². The zero-order valence-corrected chi connectivity index (χ0v) is 19.2. The molecule has 150 valence electrons. The first-order chi connectivity index (χ1) is 14.2. The Balaban J connectivity index is 1.32. The molecule has 3 nitrogen and oxygen atoms in total. The third-order valence-corrected chi connectivity index (χ3v) is 7.77. The number of anilines is 1. The van der Waals surface area contributed by atoms with E-state index in [0.29, 0.717) is 12.5 Å². The van der Waals surface area contributed by atoms with Gasteiger partial charge in [0.05, 0.1) is 5.56 Å². The number of rotatable bonds is 7. The number of carbonyl (C=O) groups excluding carboxylic acids is 1. The SMILES string of the molecule is O=C(NCC1CCN(c2cccc(Br)c2)C1)c1ccccc1SCc1cccs1. The first-order valence-electron chi connectivity index (χ1n) is 9.72. The highest BCUT2D eigenvalue weighted by molar-refractivity contribution is 9.10. The van der Waals surface area contributed by atoms with Crippen molar-refractivity contribution in [1.29, 1.82) is 0 Å². The molecule has 0 aliphatic carbocycles. The van der Waals surface area contributed by atoms with E-state index in [9.17, 15) is 4.79 Å². The summed E-state index contributed by atoms with van der Waals surface area (Å²) in [6, 6.07) is 20.5. The second-order valence-electron chi connectivity index (χ2n) is 7.15. The zero-order chi connectivity index (χ0) is 20.1. The molecule has 4 rings (SSSR count). The predicted molar refractivity (Wildman–Crippen MR) is 127 cm³/mol. The van der Waals surface area contributed by atoms with Crippen molar-refractivity contribution >= 4 is 50.6 Å². The van der Waals surface area contributed by atoms with Gasteiger partial charge in [0.25, 0.3) is 5.91 Å². The number of halogens is 1. The van der Waals surface area contributed by atoms with E-state index in [-0.39, 0.29) is 5.91 Å². The number of thioether (sulfide) groups is 1. The highest BCUT2D eigenvalue weighted by Gasteiger charge is 2.23. The van der Waals surface area contributed by atoms with Crippen molar-refractivity contribution in [2.45, 2.75) is 17.1 Å². The van der Waals surface area contributed by atoms with Gasteiger partial charge in [-0.1, -0.05) is 40.2 Å². The second-order valence-corrected chi connectivity index (χ2v) is 10.1. The molecule has 0 saturated carbocycles. The number of nitrogens with zero attached hydrogens (tertiary/aromatic N) is 1. The Kier molecular flexibility index (Phi) is 6.95. The normalized spacial score (nSPS) is 16.2. The van der Waals surface area contributed by atoms with Crippen LogP contribution in [0.5, 0.6) is 0 Å². The van der Waals surface area contributed by atoms with E-state index in [1.165, 1.54) is 10.6 Å². The van der Waals surface area contributed by atoms with Gasteiger partial charge in [0.1, 0.15) is 0 Å². The third kappa shape index (κ3) is 5.44. The fourth-order valence-electron chi connectivity index (χ4n) is 3.56. The molecule has 1 N–H and O–H groups in total. The Morgan fingerprint density at radius 3 is 2.90 bits per heavy atom. The smallest absolute Gasteiger partial charge is 0.252 e. The molecule has 1 unspecified atom stereocenters. The van der Waals surface area contributed by atoms with Crippen LogP contribution in [0.3, 0.4) is 0 Å². The van der Waals surface area contributed by atoms with Gasteiger partial charge in [-0.05, 0) is 54.1 Å². The van der Waals surface area contributed by atoms with Crippen molar-refractivity contribution in [3.63, 3.8) is 0 Å². The van der Waals surface area contributed by atoms with E-state index < -0.39 is 0 Å². The largest absolute Gasteiger partial charge is 0.371 e. The second kappa shape index (κ2) is 9.83. The average molecular weight is 487 g/mol. The molecular formula is C23H23BrN2OS2. The monoisotopic (exact) mass is 486 g/mol. The predicted octanol–water partition coefficient (Wildman–Crippen LogP) is 6.06. The van der Waals surface area contributed by atoms with Gasteiger partial charge in [-0.3, -0.25) is 4.79 Å². The van der Waals surface area contributed by atoms with Crippen LogP contribution in [-0.4, -0.2) is 25.5 Å². The van der Waals surface area contributed by atoms with Crippen LogP contribution in [0.1, 0.15) is 21.7 Å². The number of carbonyl (C=O) groups is 1. The van der Waals surface area contributed by atoms with E-state index in [4.69, 9.17) is 0 Å². The van der Waals surface area contributed by atoms with Crippen LogP contribution in [0.2, 0.25) is 0 Å². The molecule has 1 saturated heterocycles. The lowest BCUT2D eigenvalue weighted by atomic mass is 10.1. The lowest BCUT2D eigenvalue weighted by Crippen LogP contribution is -2.31. The Labute approximate surface area is 188 Å². The molecular weight excluding hydrogens is 464 g/mol. The molecule has 2 heterocycles. The van der Waals surface area contributed by atoms with Crippen LogP contribution in [0, 0.1) is 5.92 Å². The summed E-state index contributed by atoms with van der Waals surface area (Å²) >= 11 is 7.03. The standard InChI is InChI=1S/C23H23BrN2OS2/c24-18-5-3-6-19(13-18)26-11-10-17(15-26)14-25-23(27)21-8-1-2-9-22(21)29-16-20-7-4-12-28-20/h1-9,12-13,17H,10-11,14-16H2,(H,25,27). The molecule has 1 amide bonds. The first kappa shape index (κ1) is 20.5. The summed E-state index contributed by atoms with van der Waals surface area (Å²) in [7, 11) is 0. The minimum absolute atomic E-state index is 0.0279. The van der Waals surface area contributed by atoms with Crippen molar-refractivity contribution < 1.29 is 4.79 Å². The summed E-state index contributed by atoms with van der Waals surface area (Å²) < 4.78 is 1.10. The van der Waals surface area contributed by atoms with Crippen molar-refractivity contribution in [3.05, 3.63) is 81.0 Å².